The Balaban J connectivity index is 1.49. The van der Waals surface area contributed by atoms with E-state index in [1.807, 2.05) is 60.7 Å². The van der Waals surface area contributed by atoms with Crippen LogP contribution >= 0.6 is 11.6 Å². The fourth-order valence-corrected chi connectivity index (χ4v) is 5.92. The van der Waals surface area contributed by atoms with Gasteiger partial charge in [-0.05, 0) is 47.5 Å². The molecule has 0 radical (unpaired) electrons. The quantitative estimate of drug-likeness (QED) is 0.314. The van der Waals surface area contributed by atoms with Gasteiger partial charge in [0.15, 0.2) is 6.10 Å². The summed E-state index contributed by atoms with van der Waals surface area (Å²) in [5.41, 5.74) is 2.32. The molecule has 4 aromatic carbocycles. The fraction of sp³-hybridized carbons (Fsp3) is 0.138. The highest BCUT2D eigenvalue weighted by Gasteiger charge is 2.39. The number of carbonyl (C=O) groups excluding carboxylic acids is 1. The van der Waals surface area contributed by atoms with Crippen molar-refractivity contribution < 1.29 is 17.9 Å². The second kappa shape index (κ2) is 10.7. The standard InChI is InChI=1S/C29H25ClN2O4S/c30-24-15-17-25(18-16-24)37(34,35)32-21-28(36-27-14-8-7-13-26(27)32)29(33)31(19-22-9-3-1-4-10-22)20-23-11-5-2-6-12-23/h1-18,28H,19-21H2. The first kappa shape index (κ1) is 24.9. The number of hydrogen-bond donors (Lipinski definition) is 0. The summed E-state index contributed by atoms with van der Waals surface area (Å²) in [7, 11) is -3.98. The number of carbonyl (C=O) groups is 1. The maximum Gasteiger partial charge on any atom is 0.266 e. The summed E-state index contributed by atoms with van der Waals surface area (Å²) < 4.78 is 34.7. The highest BCUT2D eigenvalue weighted by atomic mass is 35.5. The van der Waals surface area contributed by atoms with Gasteiger partial charge in [-0.2, -0.15) is 0 Å². The molecule has 6 nitrogen and oxygen atoms in total. The number of ether oxygens (including phenoxy) is 1. The maximum atomic E-state index is 13.9. The first-order valence-electron chi connectivity index (χ1n) is 11.8. The molecule has 8 heteroatoms. The summed E-state index contributed by atoms with van der Waals surface area (Å²) in [6.07, 6.45) is -1.02. The van der Waals surface area contributed by atoms with Crippen molar-refractivity contribution in [2.24, 2.45) is 0 Å². The van der Waals surface area contributed by atoms with Gasteiger partial charge >= 0.3 is 0 Å². The van der Waals surface area contributed by atoms with Crippen LogP contribution in [-0.4, -0.2) is 31.9 Å². The average molecular weight is 533 g/mol. The van der Waals surface area contributed by atoms with Crippen LogP contribution in [0.1, 0.15) is 11.1 Å². The van der Waals surface area contributed by atoms with Crippen molar-refractivity contribution in [1.29, 1.82) is 0 Å². The molecule has 188 valence electrons. The van der Waals surface area contributed by atoms with Gasteiger partial charge in [0, 0.05) is 18.1 Å². The number of rotatable bonds is 7. The van der Waals surface area contributed by atoms with E-state index in [0.29, 0.717) is 29.5 Å². The maximum absolute atomic E-state index is 13.9. The van der Waals surface area contributed by atoms with Gasteiger partial charge in [0.2, 0.25) is 0 Å². The number of benzene rings is 4. The second-order valence-corrected chi connectivity index (χ2v) is 11.0. The van der Waals surface area contributed by atoms with Crippen molar-refractivity contribution in [3.05, 3.63) is 125 Å². The highest BCUT2D eigenvalue weighted by Crippen LogP contribution is 2.37. The number of anilines is 1. The Labute approximate surface area is 221 Å². The molecule has 1 aliphatic heterocycles. The van der Waals surface area contributed by atoms with E-state index in [1.165, 1.54) is 28.6 Å². The van der Waals surface area contributed by atoms with Crippen molar-refractivity contribution in [2.45, 2.75) is 24.1 Å². The van der Waals surface area contributed by atoms with Crippen molar-refractivity contribution in [3.8, 4) is 5.75 Å². The van der Waals surface area contributed by atoms with Crippen LogP contribution in [0.2, 0.25) is 5.02 Å². The minimum atomic E-state index is -3.98. The summed E-state index contributed by atoms with van der Waals surface area (Å²) in [6.45, 7) is 0.570. The summed E-state index contributed by atoms with van der Waals surface area (Å²) in [4.78, 5) is 15.7. The minimum absolute atomic E-state index is 0.0882. The Kier molecular flexibility index (Phi) is 7.17. The van der Waals surface area contributed by atoms with Crippen molar-refractivity contribution in [2.75, 3.05) is 10.8 Å². The molecule has 1 aliphatic rings. The molecule has 1 heterocycles. The van der Waals surface area contributed by atoms with E-state index in [1.54, 1.807) is 29.2 Å². The van der Waals surface area contributed by atoms with E-state index in [9.17, 15) is 13.2 Å². The molecular weight excluding hydrogens is 508 g/mol. The molecule has 0 fully saturated rings. The lowest BCUT2D eigenvalue weighted by Gasteiger charge is -2.37. The molecule has 0 saturated carbocycles. The summed E-state index contributed by atoms with van der Waals surface area (Å²) >= 11 is 5.98. The third-order valence-electron chi connectivity index (χ3n) is 6.16. The van der Waals surface area contributed by atoms with Crippen LogP contribution in [0.4, 0.5) is 5.69 Å². The van der Waals surface area contributed by atoms with E-state index < -0.39 is 16.1 Å². The molecule has 0 bridgehead atoms. The molecule has 0 aliphatic carbocycles. The summed E-state index contributed by atoms with van der Waals surface area (Å²) in [5.74, 6) is 0.0440. The molecule has 1 unspecified atom stereocenters. The Morgan fingerprint density at radius 3 is 1.95 bits per heavy atom. The number of para-hydroxylation sites is 2. The van der Waals surface area contributed by atoms with Crippen molar-refractivity contribution in [1.82, 2.24) is 4.90 Å². The Morgan fingerprint density at radius 1 is 0.811 bits per heavy atom. The van der Waals surface area contributed by atoms with E-state index in [2.05, 4.69) is 0 Å². The molecule has 0 spiro atoms. The van der Waals surface area contributed by atoms with Gasteiger partial charge in [-0.1, -0.05) is 84.4 Å². The Morgan fingerprint density at radius 2 is 1.35 bits per heavy atom. The SMILES string of the molecule is O=C(C1CN(S(=O)(=O)c2ccc(Cl)cc2)c2ccccc2O1)N(Cc1ccccc1)Cc1ccccc1. The van der Waals surface area contributed by atoms with Crippen LogP contribution in [0.3, 0.4) is 0 Å². The first-order chi connectivity index (χ1) is 17.9. The zero-order valence-corrected chi connectivity index (χ0v) is 21.5. The number of halogens is 1. The second-order valence-electron chi connectivity index (χ2n) is 8.73. The molecule has 1 amide bonds. The number of amides is 1. The topological polar surface area (TPSA) is 66.9 Å². The molecular formula is C29H25ClN2O4S. The van der Waals surface area contributed by atoms with Gasteiger partial charge in [0.05, 0.1) is 17.1 Å². The van der Waals surface area contributed by atoms with Gasteiger partial charge < -0.3 is 9.64 Å². The van der Waals surface area contributed by atoms with Gasteiger partial charge in [-0.25, -0.2) is 8.42 Å². The zero-order chi connectivity index (χ0) is 25.8. The Hall–Kier alpha value is -3.81. The molecule has 0 N–H and O–H groups in total. The predicted molar refractivity (Wildman–Crippen MR) is 144 cm³/mol. The minimum Gasteiger partial charge on any atom is -0.476 e. The zero-order valence-electron chi connectivity index (χ0n) is 19.9. The third-order valence-corrected chi connectivity index (χ3v) is 8.20. The number of sulfonamides is 1. The first-order valence-corrected chi connectivity index (χ1v) is 13.6. The van der Waals surface area contributed by atoms with Gasteiger partial charge in [0.1, 0.15) is 5.75 Å². The van der Waals surface area contributed by atoms with E-state index in [4.69, 9.17) is 16.3 Å². The van der Waals surface area contributed by atoms with Crippen LogP contribution in [0, 0.1) is 0 Å². The van der Waals surface area contributed by atoms with Gasteiger partial charge in [-0.15, -0.1) is 0 Å². The molecule has 4 aromatic rings. The van der Waals surface area contributed by atoms with Crippen LogP contribution in [0.15, 0.2) is 114 Å². The lowest BCUT2D eigenvalue weighted by molar-refractivity contribution is -0.139. The number of fused-ring (bicyclic) bond motifs is 1. The highest BCUT2D eigenvalue weighted by molar-refractivity contribution is 7.92. The largest absolute Gasteiger partial charge is 0.476 e. The molecule has 37 heavy (non-hydrogen) atoms. The van der Waals surface area contributed by atoms with E-state index >= 15 is 0 Å². The van der Waals surface area contributed by atoms with Crippen LogP contribution in [0.5, 0.6) is 5.75 Å². The van der Waals surface area contributed by atoms with E-state index in [-0.39, 0.29) is 17.3 Å². The van der Waals surface area contributed by atoms with Crippen LogP contribution in [0.25, 0.3) is 0 Å². The predicted octanol–water partition coefficient (Wildman–Crippen LogP) is 5.53. The van der Waals surface area contributed by atoms with E-state index in [0.717, 1.165) is 11.1 Å². The lowest BCUT2D eigenvalue weighted by atomic mass is 10.1. The smallest absolute Gasteiger partial charge is 0.266 e. The number of hydrogen-bond acceptors (Lipinski definition) is 4. The molecule has 5 rings (SSSR count). The van der Waals surface area contributed by atoms with Crippen LogP contribution in [-0.2, 0) is 27.9 Å². The molecule has 0 saturated heterocycles. The Bertz CT molecular complexity index is 1440. The van der Waals surface area contributed by atoms with Crippen molar-refractivity contribution in [3.63, 3.8) is 0 Å². The molecule has 0 aromatic heterocycles. The third kappa shape index (κ3) is 5.48. The lowest BCUT2D eigenvalue weighted by Crippen LogP contribution is -2.51. The average Bonchev–Trinajstić information content (AvgIpc) is 2.93. The molecule has 1 atom stereocenters. The summed E-state index contributed by atoms with van der Waals surface area (Å²) in [6, 6.07) is 32.2. The van der Waals surface area contributed by atoms with Crippen LogP contribution < -0.4 is 9.04 Å². The monoisotopic (exact) mass is 532 g/mol. The van der Waals surface area contributed by atoms with Gasteiger partial charge in [0.25, 0.3) is 15.9 Å². The fourth-order valence-electron chi connectivity index (χ4n) is 4.32. The normalized spacial score (nSPS) is 14.9. The summed E-state index contributed by atoms with van der Waals surface area (Å²) in [5, 5.41) is 0.437. The van der Waals surface area contributed by atoms with Crippen molar-refractivity contribution >= 4 is 33.2 Å². The number of nitrogens with zero attached hydrogens (tertiary/aromatic N) is 2. The van der Waals surface area contributed by atoms with Gasteiger partial charge in [-0.3, -0.25) is 9.10 Å².